The molecule has 0 heterocycles. The van der Waals surface area contributed by atoms with Crippen molar-refractivity contribution in [3.63, 3.8) is 0 Å². The Morgan fingerprint density at radius 1 is 0.438 bits per heavy atom. The summed E-state index contributed by atoms with van der Waals surface area (Å²) in [4.78, 5) is 35.7. The Morgan fingerprint density at radius 3 is 1.16 bits per heavy atom. The summed E-state index contributed by atoms with van der Waals surface area (Å²) >= 11 is 0. The van der Waals surface area contributed by atoms with E-state index in [1.54, 1.807) is 0 Å². The number of hydrogen-bond acceptors (Lipinski definition) is 7. The molecule has 73 heavy (non-hydrogen) atoms. The second kappa shape index (κ2) is 53.2. The molecule has 2 unspecified atom stereocenters. The summed E-state index contributed by atoms with van der Waals surface area (Å²) in [6.45, 7) is 4.26. The Morgan fingerprint density at radius 2 is 0.781 bits per heavy atom. The highest BCUT2D eigenvalue weighted by atomic mass is 31.2. The molecule has 0 fully saturated rings. The number of nitrogens with zero attached hydrogens (tertiary/aromatic N) is 1. The first-order valence-corrected chi connectivity index (χ1v) is 30.3. The van der Waals surface area contributed by atoms with Gasteiger partial charge >= 0.3 is 19.8 Å². The van der Waals surface area contributed by atoms with Crippen molar-refractivity contribution in [3.05, 3.63) is 122 Å². The molecule has 9 nitrogen and oxygen atoms in total. The lowest BCUT2D eigenvalue weighted by Crippen LogP contribution is -2.37. The molecule has 0 amide bonds. The SMILES string of the molecule is CC/C=C\C/C=C\C/C=C\C/C=C\C/C=C\C/C=C\C/C=C\C/C=C\CCCCCCCCC(=O)OC(COC(=O)CCCCCCCCC/C=C\C/C=C\CCCCCC)COP(=O)(O)OCC[N+](C)(C)C. The maximum atomic E-state index is 12.8. The van der Waals surface area contributed by atoms with E-state index < -0.39 is 26.5 Å². The van der Waals surface area contributed by atoms with Crippen LogP contribution < -0.4 is 0 Å². The van der Waals surface area contributed by atoms with Crippen molar-refractivity contribution >= 4 is 19.8 Å². The largest absolute Gasteiger partial charge is 0.472 e. The number of carbonyl (C=O) groups excluding carboxylic acids is 2. The molecule has 10 heteroatoms. The number of unbranched alkanes of at least 4 members (excludes halogenated alkanes) is 17. The zero-order chi connectivity index (χ0) is 53.5. The minimum atomic E-state index is -4.40. The molecule has 0 aromatic heterocycles. The van der Waals surface area contributed by atoms with Crippen LogP contribution in [0.2, 0.25) is 0 Å². The second-order valence-electron chi connectivity index (χ2n) is 19.9. The summed E-state index contributed by atoms with van der Waals surface area (Å²) in [7, 11) is 1.44. The molecule has 0 aromatic carbocycles. The Kier molecular flexibility index (Phi) is 50.6. The van der Waals surface area contributed by atoms with Crippen LogP contribution in [0.3, 0.4) is 0 Å². The number of phosphoric ester groups is 1. The van der Waals surface area contributed by atoms with Gasteiger partial charge in [0.05, 0.1) is 27.7 Å². The summed E-state index contributed by atoms with van der Waals surface area (Å²) in [5, 5.41) is 0. The molecule has 416 valence electrons. The molecule has 1 N–H and O–H groups in total. The lowest BCUT2D eigenvalue weighted by atomic mass is 10.1. The third-order valence-electron chi connectivity index (χ3n) is 11.7. The average molecular weight is 1040 g/mol. The van der Waals surface area contributed by atoms with Crippen molar-refractivity contribution in [1.29, 1.82) is 0 Å². The fraction of sp³-hybridized carbons (Fsp3) is 0.651. The highest BCUT2D eigenvalue weighted by molar-refractivity contribution is 7.47. The Balaban J connectivity index is 4.26. The lowest BCUT2D eigenvalue weighted by Gasteiger charge is -2.24. The highest BCUT2D eigenvalue weighted by Gasteiger charge is 2.27. The van der Waals surface area contributed by atoms with Crippen LogP contribution in [0.25, 0.3) is 0 Å². The van der Waals surface area contributed by atoms with Crippen LogP contribution in [-0.2, 0) is 32.7 Å². The summed E-state index contributed by atoms with van der Waals surface area (Å²) in [5.74, 6) is -0.831. The number of hydrogen-bond donors (Lipinski definition) is 1. The van der Waals surface area contributed by atoms with E-state index in [9.17, 15) is 19.0 Å². The molecule has 0 saturated carbocycles. The van der Waals surface area contributed by atoms with Gasteiger partial charge < -0.3 is 18.9 Å². The van der Waals surface area contributed by atoms with Gasteiger partial charge in [0, 0.05) is 12.8 Å². The van der Waals surface area contributed by atoms with E-state index in [0.29, 0.717) is 17.4 Å². The third kappa shape index (κ3) is 57.5. The fourth-order valence-corrected chi connectivity index (χ4v) is 8.04. The van der Waals surface area contributed by atoms with E-state index in [-0.39, 0.29) is 32.0 Å². The molecule has 0 radical (unpaired) electrons. The minimum Gasteiger partial charge on any atom is -0.462 e. The second-order valence-corrected chi connectivity index (χ2v) is 21.4. The minimum absolute atomic E-state index is 0.0204. The molecule has 0 spiro atoms. The summed E-state index contributed by atoms with van der Waals surface area (Å²) in [5.41, 5.74) is 0. The Bertz CT molecular complexity index is 1650. The first kappa shape index (κ1) is 69.4. The van der Waals surface area contributed by atoms with Gasteiger partial charge in [-0.3, -0.25) is 18.6 Å². The number of esters is 2. The van der Waals surface area contributed by atoms with Gasteiger partial charge in [-0.05, 0) is 109 Å². The normalized spacial score (nSPS) is 14.2. The third-order valence-corrected chi connectivity index (χ3v) is 12.7. The van der Waals surface area contributed by atoms with Crippen molar-refractivity contribution in [2.75, 3.05) is 47.5 Å². The van der Waals surface area contributed by atoms with Crippen molar-refractivity contribution < 1.29 is 42.1 Å². The van der Waals surface area contributed by atoms with E-state index in [0.717, 1.165) is 128 Å². The van der Waals surface area contributed by atoms with Gasteiger partial charge in [-0.25, -0.2) is 4.57 Å². The number of quaternary nitrogens is 1. The fourth-order valence-electron chi connectivity index (χ4n) is 7.30. The van der Waals surface area contributed by atoms with Crippen LogP contribution in [0.4, 0.5) is 0 Å². The van der Waals surface area contributed by atoms with Gasteiger partial charge in [0.25, 0.3) is 0 Å². The van der Waals surface area contributed by atoms with Gasteiger partial charge in [0.15, 0.2) is 6.10 Å². The first-order chi connectivity index (χ1) is 35.5. The van der Waals surface area contributed by atoms with Crippen molar-refractivity contribution in [2.24, 2.45) is 0 Å². The van der Waals surface area contributed by atoms with Crippen molar-refractivity contribution in [2.45, 2.75) is 219 Å². The predicted molar refractivity (Wildman–Crippen MR) is 311 cm³/mol. The monoisotopic (exact) mass is 1040 g/mol. The molecular weight excluding hydrogens is 930 g/mol. The summed E-state index contributed by atoms with van der Waals surface area (Å²) < 4.78 is 34.5. The average Bonchev–Trinajstić information content (AvgIpc) is 3.35. The van der Waals surface area contributed by atoms with E-state index in [2.05, 4.69) is 135 Å². The molecule has 0 bridgehead atoms. The molecule has 0 aliphatic carbocycles. The van der Waals surface area contributed by atoms with E-state index in [1.165, 1.54) is 51.4 Å². The molecule has 2 atom stereocenters. The van der Waals surface area contributed by atoms with Gasteiger partial charge in [-0.15, -0.1) is 0 Å². The smallest absolute Gasteiger partial charge is 0.462 e. The van der Waals surface area contributed by atoms with Crippen LogP contribution in [0, 0.1) is 0 Å². The maximum Gasteiger partial charge on any atom is 0.472 e. The van der Waals surface area contributed by atoms with Gasteiger partial charge in [0.1, 0.15) is 19.8 Å². The topological polar surface area (TPSA) is 108 Å². The molecule has 0 rings (SSSR count). The van der Waals surface area contributed by atoms with Crippen LogP contribution in [-0.4, -0.2) is 74.9 Å². The van der Waals surface area contributed by atoms with Gasteiger partial charge in [-0.2, -0.15) is 0 Å². The predicted octanol–water partition coefficient (Wildman–Crippen LogP) is 18.0. The number of allylic oxidation sites excluding steroid dienone is 20. The number of phosphoric acid groups is 1. The van der Waals surface area contributed by atoms with Crippen LogP contribution in [0.1, 0.15) is 213 Å². The standard InChI is InChI=1S/C63H106NO8P/c1-6-8-10-12-14-16-18-20-22-24-26-27-28-29-30-31-32-33-34-35-36-37-38-40-42-44-46-48-50-52-54-56-63(66)72-61(60-71-73(67,68)70-58-57-64(3,4)5)59-69-62(65)55-53-51-49-47-45-43-41-39-25-23-21-19-17-15-13-11-9-7-2/h8,10,14,16-17,19-20,22-23,25-27,29-30,32-33,35-36,38,40,61H,6-7,9,11-13,15,18,21,24,28,31,34,37,39,41-60H2,1-5H3/p+1/b10-8-,16-14-,19-17-,22-20-,25-23-,27-26-,30-29-,33-32-,36-35-,40-38-. The number of likely N-dealkylation sites (N-methyl/N-ethyl adjacent to an activating group) is 1. The number of ether oxygens (including phenoxy) is 2. The first-order valence-electron chi connectivity index (χ1n) is 28.8. The maximum absolute atomic E-state index is 12.8. The quantitative estimate of drug-likeness (QED) is 0.0211. The Labute approximate surface area is 448 Å². The molecule has 0 saturated heterocycles. The lowest BCUT2D eigenvalue weighted by molar-refractivity contribution is -0.870. The van der Waals surface area contributed by atoms with E-state index >= 15 is 0 Å². The van der Waals surface area contributed by atoms with E-state index in [1.807, 2.05) is 21.1 Å². The number of rotatable bonds is 51. The van der Waals surface area contributed by atoms with Gasteiger partial charge in [0.2, 0.25) is 0 Å². The van der Waals surface area contributed by atoms with Crippen LogP contribution in [0.15, 0.2) is 122 Å². The van der Waals surface area contributed by atoms with Crippen LogP contribution >= 0.6 is 7.82 Å². The van der Waals surface area contributed by atoms with Crippen molar-refractivity contribution in [1.82, 2.24) is 0 Å². The van der Waals surface area contributed by atoms with E-state index in [4.69, 9.17) is 18.5 Å². The molecule has 0 aliphatic rings. The Hall–Kier alpha value is -3.59. The summed E-state index contributed by atoms with van der Waals surface area (Å²) in [6, 6.07) is 0. The van der Waals surface area contributed by atoms with Crippen molar-refractivity contribution in [3.8, 4) is 0 Å². The van der Waals surface area contributed by atoms with Gasteiger partial charge in [-0.1, -0.05) is 212 Å². The number of carbonyl (C=O) groups is 2. The molecule has 0 aromatic rings. The zero-order valence-electron chi connectivity index (χ0n) is 47.1. The highest BCUT2D eigenvalue weighted by Crippen LogP contribution is 2.43. The van der Waals surface area contributed by atoms with Crippen LogP contribution in [0.5, 0.6) is 0 Å². The molecular formula is C63H107NO8P+. The zero-order valence-corrected chi connectivity index (χ0v) is 48.0. The summed E-state index contributed by atoms with van der Waals surface area (Å²) in [6.07, 6.45) is 75.4. The molecule has 0 aliphatic heterocycles.